The van der Waals surface area contributed by atoms with Crippen molar-refractivity contribution in [1.29, 1.82) is 0 Å². The Morgan fingerprint density at radius 2 is 1.96 bits per heavy atom. The second-order valence-corrected chi connectivity index (χ2v) is 7.66. The topological polar surface area (TPSA) is 69.6 Å². The number of hydrogen-bond acceptors (Lipinski definition) is 3. The Morgan fingerprint density at radius 3 is 2.68 bits per heavy atom. The molecule has 1 aromatic rings. The van der Waals surface area contributed by atoms with Crippen molar-refractivity contribution in [2.45, 2.75) is 64.0 Å². The Kier molecular flexibility index (Phi) is 5.42. The van der Waals surface area contributed by atoms with Crippen molar-refractivity contribution in [3.8, 4) is 0 Å². The number of fused-ring (bicyclic) bond motifs is 1. The van der Waals surface area contributed by atoms with Gasteiger partial charge in [-0.1, -0.05) is 44.9 Å². The lowest BCUT2D eigenvalue weighted by molar-refractivity contribution is -0.143. The van der Waals surface area contributed by atoms with Gasteiger partial charge in [0.15, 0.2) is 0 Å². The molecule has 3 rings (SSSR count). The summed E-state index contributed by atoms with van der Waals surface area (Å²) in [6.07, 6.45) is 5.07. The minimum atomic E-state index is -0.801. The van der Waals surface area contributed by atoms with E-state index in [1.165, 1.54) is 6.42 Å². The fourth-order valence-corrected chi connectivity index (χ4v) is 4.49. The third-order valence-corrected chi connectivity index (χ3v) is 5.69. The van der Waals surface area contributed by atoms with Crippen LogP contribution < -0.4 is 5.32 Å². The molecular weight excluding hydrogens is 316 g/mol. The number of rotatable bonds is 5. The van der Waals surface area contributed by atoms with Crippen molar-refractivity contribution >= 4 is 17.6 Å². The molecule has 3 unspecified atom stereocenters. The maximum Gasteiger partial charge on any atom is 0.320 e. The average Bonchev–Trinajstić information content (AvgIpc) is 2.94. The van der Waals surface area contributed by atoms with E-state index < -0.39 is 12.0 Å². The summed E-state index contributed by atoms with van der Waals surface area (Å²) in [6.45, 7) is 4.35. The van der Waals surface area contributed by atoms with Crippen LogP contribution in [0.1, 0.15) is 57.4 Å². The maximum absolute atomic E-state index is 12.6. The molecule has 1 saturated carbocycles. The Balaban J connectivity index is 1.72. The summed E-state index contributed by atoms with van der Waals surface area (Å²) >= 11 is 0. The van der Waals surface area contributed by atoms with Crippen LogP contribution in [-0.2, 0) is 9.59 Å². The summed E-state index contributed by atoms with van der Waals surface area (Å²) in [6, 6.07) is 7.52. The molecule has 25 heavy (non-hydrogen) atoms. The highest BCUT2D eigenvalue weighted by atomic mass is 16.4. The lowest BCUT2D eigenvalue weighted by Crippen LogP contribution is -2.46. The first-order valence-corrected chi connectivity index (χ1v) is 9.34. The molecule has 3 atom stereocenters. The van der Waals surface area contributed by atoms with Crippen LogP contribution in [0.5, 0.6) is 0 Å². The number of amides is 1. The fraction of sp³-hybridized carbons (Fsp3) is 0.600. The number of carbonyl (C=O) groups is 2. The SMILES string of the molecule is CC(C)c1ccccc1NC(=O)CN1C(C(=O)O)CC2CCCCC21. The molecule has 5 nitrogen and oxygen atoms in total. The molecule has 5 heteroatoms. The Hall–Kier alpha value is -1.88. The van der Waals surface area contributed by atoms with Gasteiger partial charge in [0.05, 0.1) is 6.54 Å². The average molecular weight is 344 g/mol. The van der Waals surface area contributed by atoms with E-state index >= 15 is 0 Å². The van der Waals surface area contributed by atoms with Crippen LogP contribution in [0.3, 0.4) is 0 Å². The van der Waals surface area contributed by atoms with Crippen LogP contribution >= 0.6 is 0 Å². The standard InChI is InChI=1S/C20H28N2O3/c1-13(2)15-8-4-5-9-16(15)21-19(23)12-22-17-10-6-3-7-14(17)11-18(22)20(24)25/h4-5,8-9,13-14,17-18H,3,6-7,10-12H2,1-2H3,(H,21,23)(H,24,25). The fourth-order valence-electron chi connectivity index (χ4n) is 4.49. The Labute approximate surface area is 149 Å². The molecular formula is C20H28N2O3. The quantitative estimate of drug-likeness (QED) is 0.858. The number of nitrogens with zero attached hydrogens (tertiary/aromatic N) is 1. The van der Waals surface area contributed by atoms with E-state index in [9.17, 15) is 14.7 Å². The van der Waals surface area contributed by atoms with Gasteiger partial charge in [-0.05, 0) is 42.7 Å². The van der Waals surface area contributed by atoms with Crippen molar-refractivity contribution in [3.63, 3.8) is 0 Å². The lowest BCUT2D eigenvalue weighted by atomic mass is 9.85. The highest BCUT2D eigenvalue weighted by Crippen LogP contribution is 2.39. The van der Waals surface area contributed by atoms with E-state index in [4.69, 9.17) is 0 Å². The third kappa shape index (κ3) is 3.87. The van der Waals surface area contributed by atoms with Crippen molar-refractivity contribution < 1.29 is 14.7 Å². The molecule has 136 valence electrons. The van der Waals surface area contributed by atoms with Crippen LogP contribution in [0.2, 0.25) is 0 Å². The second kappa shape index (κ2) is 7.56. The molecule has 1 aliphatic heterocycles. The van der Waals surface area contributed by atoms with Crippen molar-refractivity contribution in [3.05, 3.63) is 29.8 Å². The predicted molar refractivity (Wildman–Crippen MR) is 97.7 cm³/mol. The number of carboxylic acid groups (broad SMARTS) is 1. The van der Waals surface area contributed by atoms with Crippen molar-refractivity contribution in [1.82, 2.24) is 4.90 Å². The highest BCUT2D eigenvalue weighted by molar-refractivity contribution is 5.93. The Morgan fingerprint density at radius 1 is 1.24 bits per heavy atom. The molecule has 1 aromatic carbocycles. The minimum absolute atomic E-state index is 0.120. The Bertz CT molecular complexity index is 644. The van der Waals surface area contributed by atoms with Crippen molar-refractivity contribution in [2.75, 3.05) is 11.9 Å². The number of hydrogen-bond donors (Lipinski definition) is 2. The summed E-state index contributed by atoms with van der Waals surface area (Å²) in [4.78, 5) is 26.2. The molecule has 1 amide bonds. The van der Waals surface area contributed by atoms with E-state index in [1.807, 2.05) is 29.2 Å². The monoisotopic (exact) mass is 344 g/mol. The summed E-state index contributed by atoms with van der Waals surface area (Å²) < 4.78 is 0. The highest BCUT2D eigenvalue weighted by Gasteiger charge is 2.45. The van der Waals surface area contributed by atoms with E-state index in [2.05, 4.69) is 19.2 Å². The molecule has 2 fully saturated rings. The van der Waals surface area contributed by atoms with Gasteiger partial charge in [0.1, 0.15) is 6.04 Å². The molecule has 2 aliphatic rings. The molecule has 1 aliphatic carbocycles. The van der Waals surface area contributed by atoms with Gasteiger partial charge in [-0.25, -0.2) is 0 Å². The first kappa shape index (κ1) is 17.9. The first-order chi connectivity index (χ1) is 12.0. The molecule has 0 bridgehead atoms. The third-order valence-electron chi connectivity index (χ3n) is 5.69. The normalized spacial score (nSPS) is 26.4. The number of para-hydroxylation sites is 1. The largest absolute Gasteiger partial charge is 0.480 e. The number of benzene rings is 1. The van der Waals surface area contributed by atoms with Gasteiger partial charge >= 0.3 is 5.97 Å². The van der Waals surface area contributed by atoms with Crippen LogP contribution in [0.4, 0.5) is 5.69 Å². The molecule has 2 N–H and O–H groups in total. The van der Waals surface area contributed by atoms with Gasteiger partial charge in [0.2, 0.25) is 5.91 Å². The van der Waals surface area contributed by atoms with Gasteiger partial charge in [-0.2, -0.15) is 0 Å². The number of likely N-dealkylation sites (tertiary alicyclic amines) is 1. The first-order valence-electron chi connectivity index (χ1n) is 9.34. The number of nitrogens with one attached hydrogen (secondary N) is 1. The van der Waals surface area contributed by atoms with Crippen LogP contribution in [0.25, 0.3) is 0 Å². The molecule has 0 aromatic heterocycles. The van der Waals surface area contributed by atoms with Crippen LogP contribution in [0.15, 0.2) is 24.3 Å². The smallest absolute Gasteiger partial charge is 0.320 e. The molecule has 1 heterocycles. The van der Waals surface area contributed by atoms with Crippen molar-refractivity contribution in [2.24, 2.45) is 5.92 Å². The minimum Gasteiger partial charge on any atom is -0.480 e. The summed E-state index contributed by atoms with van der Waals surface area (Å²) in [5.74, 6) is -0.182. The molecule has 0 spiro atoms. The van der Waals surface area contributed by atoms with E-state index in [1.54, 1.807) is 0 Å². The zero-order chi connectivity index (χ0) is 18.0. The number of carbonyl (C=O) groups excluding carboxylic acids is 1. The molecule has 1 saturated heterocycles. The summed E-state index contributed by atoms with van der Waals surface area (Å²) in [7, 11) is 0. The number of anilines is 1. The van der Waals surface area contributed by atoms with Gasteiger partial charge in [0, 0.05) is 11.7 Å². The van der Waals surface area contributed by atoms with Gasteiger partial charge in [-0.3, -0.25) is 14.5 Å². The van der Waals surface area contributed by atoms with Gasteiger partial charge in [0.25, 0.3) is 0 Å². The van der Waals surface area contributed by atoms with Gasteiger partial charge < -0.3 is 10.4 Å². The van der Waals surface area contributed by atoms with Crippen LogP contribution in [-0.4, -0.2) is 40.5 Å². The van der Waals surface area contributed by atoms with Gasteiger partial charge in [-0.15, -0.1) is 0 Å². The lowest BCUT2D eigenvalue weighted by Gasteiger charge is -2.32. The zero-order valence-corrected chi connectivity index (χ0v) is 15.1. The van der Waals surface area contributed by atoms with E-state index in [0.717, 1.165) is 30.5 Å². The number of carboxylic acids is 1. The summed E-state index contributed by atoms with van der Waals surface area (Å²) in [5, 5.41) is 12.6. The second-order valence-electron chi connectivity index (χ2n) is 7.66. The number of aliphatic carboxylic acids is 1. The zero-order valence-electron chi connectivity index (χ0n) is 15.1. The molecule has 0 radical (unpaired) electrons. The van der Waals surface area contributed by atoms with E-state index in [-0.39, 0.29) is 18.5 Å². The van der Waals surface area contributed by atoms with Crippen LogP contribution in [0, 0.1) is 5.92 Å². The van der Waals surface area contributed by atoms with E-state index in [0.29, 0.717) is 18.3 Å². The summed E-state index contributed by atoms with van der Waals surface area (Å²) in [5.41, 5.74) is 1.93. The maximum atomic E-state index is 12.6. The predicted octanol–water partition coefficient (Wildman–Crippen LogP) is 3.47.